The number of unbranched alkanes of at least 4 members (excludes halogenated alkanes) is 6. The van der Waals surface area contributed by atoms with Crippen molar-refractivity contribution in [3.05, 3.63) is 0 Å². The number of nitrogens with zero attached hydrogens (tertiary/aromatic N) is 1. The highest BCUT2D eigenvalue weighted by Crippen LogP contribution is 2.44. The molecule has 10 heteroatoms. The molecule has 0 amide bonds. The van der Waals surface area contributed by atoms with Crippen LogP contribution in [-0.4, -0.2) is 71.5 Å². The van der Waals surface area contributed by atoms with Crippen LogP contribution < -0.4 is 0 Å². The fraction of sp³-hybridized carbons (Fsp3) is 0.909. The van der Waals surface area contributed by atoms with Gasteiger partial charge in [0.2, 0.25) is 0 Å². The first kappa shape index (κ1) is 32.1. The quantitative estimate of drug-likeness (QED) is 0.127. The first-order chi connectivity index (χ1) is 15.0. The molecule has 190 valence electrons. The van der Waals surface area contributed by atoms with Crippen LogP contribution in [0.4, 0.5) is 0 Å². The Labute approximate surface area is 204 Å². The van der Waals surface area contributed by atoms with Crippen LogP contribution in [0.15, 0.2) is 0 Å². The summed E-state index contributed by atoms with van der Waals surface area (Å²) < 4.78 is 23.1. The minimum Gasteiger partial charge on any atom is -0.329 e. The molecule has 0 radical (unpaired) electrons. The highest BCUT2D eigenvalue weighted by molar-refractivity contribution is 8.17. The Morgan fingerprint density at radius 1 is 0.906 bits per heavy atom. The average Bonchev–Trinajstić information content (AvgIpc) is 2.69. The van der Waals surface area contributed by atoms with E-state index in [1.807, 2.05) is 21.1 Å². The summed E-state index contributed by atoms with van der Waals surface area (Å²) >= 11 is 2.30. The smallest absolute Gasteiger partial charge is 0.329 e. The van der Waals surface area contributed by atoms with Crippen molar-refractivity contribution < 1.29 is 32.6 Å². The molecule has 0 bridgehead atoms. The van der Waals surface area contributed by atoms with Crippen LogP contribution in [0.5, 0.6) is 0 Å². The lowest BCUT2D eigenvalue weighted by molar-refractivity contribution is -0.870. The van der Waals surface area contributed by atoms with Crippen molar-refractivity contribution in [1.29, 1.82) is 0 Å². The molecule has 0 fully saturated rings. The fourth-order valence-electron chi connectivity index (χ4n) is 2.66. The number of carbonyl (C=O) groups is 2. The number of rotatable bonds is 20. The van der Waals surface area contributed by atoms with Gasteiger partial charge in [0.15, 0.2) is 10.2 Å². The molecule has 0 aliphatic rings. The lowest BCUT2D eigenvalue weighted by atomic mass is 10.2. The minimum atomic E-state index is -4.21. The second-order valence-corrected chi connectivity index (χ2v) is 12.9. The molecule has 1 unspecified atom stereocenters. The number of hydrogen-bond donors (Lipinski definition) is 1. The molecule has 0 saturated carbocycles. The van der Waals surface area contributed by atoms with Crippen LogP contribution in [0.25, 0.3) is 0 Å². The van der Waals surface area contributed by atoms with Crippen molar-refractivity contribution in [3.8, 4) is 0 Å². The Bertz CT molecular complexity index is 571. The van der Waals surface area contributed by atoms with E-state index in [0.29, 0.717) is 29.6 Å². The van der Waals surface area contributed by atoms with Gasteiger partial charge >= 0.3 is 7.82 Å². The van der Waals surface area contributed by atoms with Gasteiger partial charge in [-0.3, -0.25) is 18.6 Å². The molecule has 0 spiro atoms. The first-order valence-corrected chi connectivity index (χ1v) is 15.1. The number of carbonyl (C=O) groups excluding carboxylic acids is 2. The van der Waals surface area contributed by atoms with Crippen LogP contribution >= 0.6 is 31.3 Å². The average molecular weight is 515 g/mol. The number of phosphoric acid groups is 1. The largest absolute Gasteiger partial charge is 0.472 e. The Morgan fingerprint density at radius 3 is 2.00 bits per heavy atom. The van der Waals surface area contributed by atoms with Gasteiger partial charge in [-0.05, 0) is 12.8 Å². The molecular weight excluding hydrogens is 469 g/mol. The summed E-state index contributed by atoms with van der Waals surface area (Å²) in [4.78, 5) is 34.5. The second-order valence-electron chi connectivity index (χ2n) is 9.03. The maximum Gasteiger partial charge on any atom is 0.472 e. The molecule has 32 heavy (non-hydrogen) atoms. The van der Waals surface area contributed by atoms with E-state index < -0.39 is 7.82 Å². The van der Waals surface area contributed by atoms with Gasteiger partial charge < -0.3 is 9.38 Å². The normalized spacial score (nSPS) is 14.8. The molecule has 0 saturated heterocycles. The molecule has 0 aromatic carbocycles. The second kappa shape index (κ2) is 18.4. The van der Waals surface area contributed by atoms with E-state index in [9.17, 15) is 19.0 Å². The highest BCUT2D eigenvalue weighted by Gasteiger charge is 2.26. The summed E-state index contributed by atoms with van der Waals surface area (Å²) in [6.45, 7) is 4.79. The van der Waals surface area contributed by atoms with Crippen LogP contribution in [0.2, 0.25) is 0 Å². The van der Waals surface area contributed by atoms with Gasteiger partial charge in [0, 0.05) is 23.8 Å². The van der Waals surface area contributed by atoms with Crippen molar-refractivity contribution in [1.82, 2.24) is 0 Å². The summed E-state index contributed by atoms with van der Waals surface area (Å²) in [5.41, 5.74) is 0. The van der Waals surface area contributed by atoms with Crippen molar-refractivity contribution in [2.45, 2.75) is 83.3 Å². The monoisotopic (exact) mass is 514 g/mol. The van der Waals surface area contributed by atoms with E-state index in [4.69, 9.17) is 9.05 Å². The van der Waals surface area contributed by atoms with Crippen molar-refractivity contribution in [3.63, 3.8) is 0 Å². The Hall–Kier alpha value is 0.110. The number of likely N-dealkylation sites (N-methyl/N-ethyl adjacent to an activating group) is 1. The van der Waals surface area contributed by atoms with Gasteiger partial charge in [-0.1, -0.05) is 75.9 Å². The van der Waals surface area contributed by atoms with Crippen LogP contribution in [-0.2, 0) is 23.2 Å². The zero-order valence-corrected chi connectivity index (χ0v) is 23.2. The molecule has 0 aliphatic carbocycles. The summed E-state index contributed by atoms with van der Waals surface area (Å²) in [5.74, 6) is 0.372. The van der Waals surface area contributed by atoms with Crippen LogP contribution in [0.3, 0.4) is 0 Å². The van der Waals surface area contributed by atoms with Crippen molar-refractivity contribution in [2.75, 3.05) is 46.7 Å². The molecule has 1 N–H and O–H groups in total. The molecule has 0 aliphatic heterocycles. The number of hydrogen-bond acceptors (Lipinski definition) is 7. The van der Waals surface area contributed by atoms with Gasteiger partial charge in [-0.2, -0.15) is 0 Å². The van der Waals surface area contributed by atoms with E-state index in [0.717, 1.165) is 63.1 Å². The van der Waals surface area contributed by atoms with Gasteiger partial charge in [0.25, 0.3) is 0 Å². The predicted molar refractivity (Wildman–Crippen MR) is 136 cm³/mol. The zero-order valence-electron chi connectivity index (χ0n) is 20.7. The molecule has 7 nitrogen and oxygen atoms in total. The lowest BCUT2D eigenvalue weighted by Crippen LogP contribution is -2.37. The lowest BCUT2D eigenvalue weighted by Gasteiger charge is -2.24. The molecule has 0 rings (SSSR count). The first-order valence-electron chi connectivity index (χ1n) is 11.8. The van der Waals surface area contributed by atoms with Gasteiger partial charge in [0.1, 0.15) is 13.2 Å². The van der Waals surface area contributed by atoms with Crippen LogP contribution in [0.1, 0.15) is 78.1 Å². The Kier molecular flexibility index (Phi) is 18.5. The van der Waals surface area contributed by atoms with Crippen LogP contribution in [0, 0.1) is 0 Å². The van der Waals surface area contributed by atoms with E-state index in [1.54, 1.807) is 0 Å². The number of quaternary nitrogens is 1. The third-order valence-corrected chi connectivity index (χ3v) is 8.03. The van der Waals surface area contributed by atoms with E-state index in [2.05, 4.69) is 13.8 Å². The Morgan fingerprint density at radius 2 is 1.47 bits per heavy atom. The fourth-order valence-corrected chi connectivity index (χ4v) is 5.52. The number of thioether (sulfide) groups is 2. The SMILES string of the molecule is CCCCCCC(=O)SC[C@H](COP(=O)(O)OCC[N+](C)(C)C)SC(=O)CCCCCC. The third-order valence-electron chi connectivity index (χ3n) is 4.64. The standard InChI is InChI=1S/C22H44NO6PS2/c1-6-8-10-12-14-21(24)31-19-20(32-22(25)15-13-11-9-7-2)18-29-30(26,27)28-17-16-23(3,4)5/h20H,6-19H2,1-5H3/p+1/t20-/m0/s1. The van der Waals surface area contributed by atoms with E-state index >= 15 is 0 Å². The predicted octanol–water partition coefficient (Wildman–Crippen LogP) is 5.66. The van der Waals surface area contributed by atoms with Crippen molar-refractivity contribution in [2.24, 2.45) is 0 Å². The van der Waals surface area contributed by atoms with E-state index in [-0.39, 0.29) is 28.7 Å². The highest BCUT2D eigenvalue weighted by atomic mass is 32.2. The van der Waals surface area contributed by atoms with Gasteiger partial charge in [0.05, 0.1) is 27.7 Å². The summed E-state index contributed by atoms with van der Waals surface area (Å²) in [5, 5.41) is -0.251. The zero-order chi connectivity index (χ0) is 24.5. The maximum atomic E-state index is 12.4. The van der Waals surface area contributed by atoms with E-state index in [1.165, 1.54) is 11.8 Å². The van der Waals surface area contributed by atoms with Gasteiger partial charge in [-0.15, -0.1) is 0 Å². The summed E-state index contributed by atoms with van der Waals surface area (Å²) in [6, 6.07) is 0. The summed E-state index contributed by atoms with van der Waals surface area (Å²) in [6.07, 6.45) is 9.19. The van der Waals surface area contributed by atoms with Crippen molar-refractivity contribution >= 4 is 41.6 Å². The molecule has 0 heterocycles. The minimum absolute atomic E-state index is 0.0319. The molecule has 2 atom stereocenters. The third kappa shape index (κ3) is 20.7. The topological polar surface area (TPSA) is 89.9 Å². The molecule has 0 aromatic rings. The molecule has 0 aromatic heterocycles. The number of phosphoric ester groups is 1. The van der Waals surface area contributed by atoms with Gasteiger partial charge in [-0.25, -0.2) is 4.57 Å². The summed E-state index contributed by atoms with van der Waals surface area (Å²) in [7, 11) is 1.67. The molecular formula is C22H45NO6PS2+. The maximum absolute atomic E-state index is 12.4. The Balaban J connectivity index is 4.63.